The van der Waals surface area contributed by atoms with Crippen molar-refractivity contribution in [2.24, 2.45) is 0 Å². The van der Waals surface area contributed by atoms with Gasteiger partial charge in [-0.15, -0.1) is 0 Å². The minimum Gasteiger partial charge on any atom is -0.497 e. The number of carbonyl (C=O) groups is 1. The van der Waals surface area contributed by atoms with Crippen LogP contribution in [0.4, 0.5) is 0 Å². The predicted octanol–water partition coefficient (Wildman–Crippen LogP) is 3.87. The molecule has 0 bridgehead atoms. The lowest BCUT2D eigenvalue weighted by molar-refractivity contribution is 0.0784. The van der Waals surface area contributed by atoms with Crippen LogP contribution in [-0.4, -0.2) is 42.0 Å². The van der Waals surface area contributed by atoms with Gasteiger partial charge >= 0.3 is 6.01 Å². The third kappa shape index (κ3) is 5.01. The second kappa shape index (κ2) is 9.05. The van der Waals surface area contributed by atoms with Gasteiger partial charge in [-0.3, -0.25) is 4.79 Å². The average Bonchev–Trinajstić information content (AvgIpc) is 2.75. The van der Waals surface area contributed by atoms with E-state index in [-0.39, 0.29) is 11.9 Å². The number of ether oxygens (including phenoxy) is 3. The van der Waals surface area contributed by atoms with E-state index in [1.54, 1.807) is 32.2 Å². The Morgan fingerprint density at radius 2 is 1.62 bits per heavy atom. The number of hydrogen-bond donors (Lipinski definition) is 0. The summed E-state index contributed by atoms with van der Waals surface area (Å²) in [5.41, 5.74) is 2.24. The van der Waals surface area contributed by atoms with Crippen LogP contribution in [0.2, 0.25) is 0 Å². The van der Waals surface area contributed by atoms with Crippen molar-refractivity contribution in [3.8, 4) is 23.3 Å². The second-order valence-corrected chi connectivity index (χ2v) is 6.50. The topological polar surface area (TPSA) is 73.8 Å². The van der Waals surface area contributed by atoms with Gasteiger partial charge in [-0.25, -0.2) is 9.97 Å². The zero-order valence-electron chi connectivity index (χ0n) is 16.9. The number of methoxy groups -OCH3 is 2. The molecule has 2 aromatic carbocycles. The molecule has 0 aliphatic carbocycles. The minimum atomic E-state index is -0.200. The van der Waals surface area contributed by atoms with Crippen molar-refractivity contribution in [3.05, 3.63) is 71.5 Å². The molecule has 0 aliphatic rings. The molecule has 0 saturated heterocycles. The fourth-order valence-electron chi connectivity index (χ4n) is 2.77. The van der Waals surface area contributed by atoms with Crippen molar-refractivity contribution in [3.63, 3.8) is 0 Å². The molecule has 3 rings (SSSR count). The van der Waals surface area contributed by atoms with Gasteiger partial charge in [-0.05, 0) is 36.2 Å². The number of aryl methyl sites for hydroxylation is 1. The molecule has 0 spiro atoms. The molecule has 29 heavy (non-hydrogen) atoms. The summed E-state index contributed by atoms with van der Waals surface area (Å²) in [5.74, 6) is 1.81. The summed E-state index contributed by atoms with van der Waals surface area (Å²) in [6.07, 6.45) is 2.93. The van der Waals surface area contributed by atoms with Crippen molar-refractivity contribution in [1.29, 1.82) is 0 Å². The van der Waals surface area contributed by atoms with E-state index in [9.17, 15) is 4.79 Å². The monoisotopic (exact) mass is 393 g/mol. The normalized spacial score (nSPS) is 10.3. The van der Waals surface area contributed by atoms with Crippen LogP contribution >= 0.6 is 0 Å². The molecule has 0 atom stereocenters. The lowest BCUT2D eigenvalue weighted by Gasteiger charge is -2.18. The quantitative estimate of drug-likeness (QED) is 0.607. The van der Waals surface area contributed by atoms with E-state index in [1.807, 2.05) is 43.3 Å². The molecule has 1 aromatic heterocycles. The number of amides is 1. The van der Waals surface area contributed by atoms with Gasteiger partial charge in [-0.1, -0.05) is 18.2 Å². The lowest BCUT2D eigenvalue weighted by Crippen LogP contribution is -2.26. The van der Waals surface area contributed by atoms with Gasteiger partial charge in [-0.2, -0.15) is 0 Å². The molecule has 1 heterocycles. The summed E-state index contributed by atoms with van der Waals surface area (Å²) in [6, 6.07) is 13.3. The summed E-state index contributed by atoms with van der Waals surface area (Å²) >= 11 is 0. The van der Waals surface area contributed by atoms with E-state index < -0.39 is 0 Å². The van der Waals surface area contributed by atoms with Crippen molar-refractivity contribution in [1.82, 2.24) is 14.9 Å². The first-order chi connectivity index (χ1) is 14.0. The predicted molar refractivity (Wildman–Crippen MR) is 109 cm³/mol. The maximum Gasteiger partial charge on any atom is 0.321 e. The van der Waals surface area contributed by atoms with Crippen molar-refractivity contribution < 1.29 is 19.0 Å². The van der Waals surface area contributed by atoms with Gasteiger partial charge in [0.2, 0.25) is 0 Å². The molecule has 150 valence electrons. The molecule has 0 aliphatic heterocycles. The van der Waals surface area contributed by atoms with Crippen LogP contribution in [0.5, 0.6) is 23.3 Å². The number of nitrogens with zero attached hydrogens (tertiary/aromatic N) is 3. The van der Waals surface area contributed by atoms with E-state index in [0.29, 0.717) is 29.4 Å². The Labute approximate surface area is 169 Å². The maximum absolute atomic E-state index is 12.7. The van der Waals surface area contributed by atoms with Crippen LogP contribution in [0.25, 0.3) is 0 Å². The van der Waals surface area contributed by atoms with Crippen LogP contribution < -0.4 is 14.2 Å². The second-order valence-electron chi connectivity index (χ2n) is 6.50. The Hall–Kier alpha value is -3.61. The van der Waals surface area contributed by atoms with Gasteiger partial charge in [0.25, 0.3) is 5.91 Å². The maximum atomic E-state index is 12.7. The Balaban J connectivity index is 1.69. The van der Waals surface area contributed by atoms with Crippen molar-refractivity contribution in [2.45, 2.75) is 13.5 Å². The van der Waals surface area contributed by atoms with Crippen LogP contribution in [0, 0.1) is 6.92 Å². The molecule has 0 saturated carbocycles. The van der Waals surface area contributed by atoms with Crippen LogP contribution in [0.1, 0.15) is 21.5 Å². The fraction of sp³-hybridized carbons (Fsp3) is 0.227. The summed E-state index contributed by atoms with van der Waals surface area (Å²) in [4.78, 5) is 22.6. The summed E-state index contributed by atoms with van der Waals surface area (Å²) in [7, 11) is 4.89. The molecule has 0 unspecified atom stereocenters. The number of aromatic nitrogens is 2. The van der Waals surface area contributed by atoms with Crippen molar-refractivity contribution >= 4 is 5.91 Å². The summed E-state index contributed by atoms with van der Waals surface area (Å²) in [6.45, 7) is 2.32. The van der Waals surface area contributed by atoms with E-state index in [4.69, 9.17) is 14.2 Å². The first-order valence-corrected chi connectivity index (χ1v) is 9.03. The minimum absolute atomic E-state index is 0.191. The van der Waals surface area contributed by atoms with Gasteiger partial charge in [0.1, 0.15) is 17.2 Å². The van der Waals surface area contributed by atoms with Crippen molar-refractivity contribution in [2.75, 3.05) is 21.3 Å². The molecule has 0 radical (unpaired) electrons. The van der Waals surface area contributed by atoms with Crippen LogP contribution in [0.15, 0.2) is 54.9 Å². The van der Waals surface area contributed by atoms with E-state index in [1.165, 1.54) is 12.4 Å². The van der Waals surface area contributed by atoms with Gasteiger partial charge in [0.15, 0.2) is 0 Å². The average molecular weight is 393 g/mol. The molecule has 7 nitrogen and oxygen atoms in total. The highest BCUT2D eigenvalue weighted by Crippen LogP contribution is 2.24. The number of carbonyl (C=O) groups excluding carboxylic acids is 1. The van der Waals surface area contributed by atoms with E-state index >= 15 is 0 Å². The SMILES string of the molecule is COc1cc(CN(C)C(=O)c2cnc(Oc3ccccc3C)nc2)cc(OC)c1. The van der Waals surface area contributed by atoms with Crippen LogP contribution in [0.3, 0.4) is 0 Å². The highest BCUT2D eigenvalue weighted by atomic mass is 16.5. The highest BCUT2D eigenvalue weighted by molar-refractivity contribution is 5.93. The number of para-hydroxylation sites is 1. The molecule has 3 aromatic rings. The Bertz CT molecular complexity index is 967. The van der Waals surface area contributed by atoms with Gasteiger partial charge < -0.3 is 19.1 Å². The Morgan fingerprint density at radius 3 is 2.21 bits per heavy atom. The molecule has 1 amide bonds. The highest BCUT2D eigenvalue weighted by Gasteiger charge is 2.15. The third-order valence-electron chi connectivity index (χ3n) is 4.35. The van der Waals surface area contributed by atoms with Crippen LogP contribution in [-0.2, 0) is 6.54 Å². The largest absolute Gasteiger partial charge is 0.497 e. The zero-order chi connectivity index (χ0) is 20.8. The molecule has 0 N–H and O–H groups in total. The Morgan fingerprint density at radius 1 is 1.00 bits per heavy atom. The molecular weight excluding hydrogens is 370 g/mol. The molecule has 7 heteroatoms. The number of rotatable bonds is 7. The first kappa shape index (κ1) is 20.1. The smallest absolute Gasteiger partial charge is 0.321 e. The standard InChI is InChI=1S/C22H23N3O4/c1-15-7-5-6-8-20(15)29-22-23-12-17(13-24-22)21(26)25(2)14-16-9-18(27-3)11-19(10-16)28-4/h5-13H,14H2,1-4H3. The number of hydrogen-bond acceptors (Lipinski definition) is 6. The summed E-state index contributed by atoms with van der Waals surface area (Å²) < 4.78 is 16.2. The zero-order valence-corrected chi connectivity index (χ0v) is 16.9. The van der Waals surface area contributed by atoms with E-state index in [0.717, 1.165) is 11.1 Å². The molecular formula is C22H23N3O4. The third-order valence-corrected chi connectivity index (χ3v) is 4.35. The number of benzene rings is 2. The lowest BCUT2D eigenvalue weighted by atomic mass is 10.1. The summed E-state index contributed by atoms with van der Waals surface area (Å²) in [5, 5.41) is 0. The fourth-order valence-corrected chi connectivity index (χ4v) is 2.77. The van der Waals surface area contributed by atoms with Gasteiger partial charge in [0.05, 0.1) is 19.8 Å². The first-order valence-electron chi connectivity index (χ1n) is 9.03. The van der Waals surface area contributed by atoms with E-state index in [2.05, 4.69) is 9.97 Å². The molecule has 0 fully saturated rings. The Kier molecular flexibility index (Phi) is 6.29. The van der Waals surface area contributed by atoms with Gasteiger partial charge in [0, 0.05) is 32.1 Å².